The van der Waals surface area contributed by atoms with E-state index < -0.39 is 0 Å². The molecule has 0 unspecified atom stereocenters. The lowest BCUT2D eigenvalue weighted by Crippen LogP contribution is -2.08. The van der Waals surface area contributed by atoms with Crippen LogP contribution in [0.15, 0.2) is 61.2 Å². The molecular formula is C22H19FN4O. The number of carbonyl (C=O) groups excluding carboxylic acids is 1. The van der Waals surface area contributed by atoms with Crippen LogP contribution >= 0.6 is 0 Å². The fourth-order valence-electron chi connectivity index (χ4n) is 3.21. The number of hydrogen-bond donors (Lipinski definition) is 0. The molecule has 6 heteroatoms. The number of rotatable bonds is 5. The summed E-state index contributed by atoms with van der Waals surface area (Å²) in [5, 5.41) is 8.17. The van der Waals surface area contributed by atoms with Crippen LogP contribution in [0.1, 0.15) is 40.9 Å². The Labute approximate surface area is 161 Å². The molecule has 0 fully saturated rings. The van der Waals surface area contributed by atoms with E-state index in [4.69, 9.17) is 0 Å². The highest BCUT2D eigenvalue weighted by atomic mass is 19.1. The quantitative estimate of drug-likeness (QED) is 0.479. The molecule has 0 saturated carbocycles. The number of nitrogens with zero attached hydrogens (tertiary/aromatic N) is 4. The molecule has 1 atom stereocenters. The fourth-order valence-corrected chi connectivity index (χ4v) is 3.21. The maximum absolute atomic E-state index is 13.1. The number of fused-ring (bicyclic) bond motifs is 1. The maximum Gasteiger partial charge on any atom is 0.168 e. The highest BCUT2D eigenvalue weighted by Crippen LogP contribution is 2.27. The Morgan fingerprint density at radius 1 is 1.18 bits per heavy atom. The first-order valence-electron chi connectivity index (χ1n) is 9.06. The van der Waals surface area contributed by atoms with Gasteiger partial charge in [0.05, 0.1) is 6.20 Å². The molecule has 28 heavy (non-hydrogen) atoms. The number of ketones is 1. The van der Waals surface area contributed by atoms with Crippen LogP contribution in [-0.4, -0.2) is 25.4 Å². The number of carbonyl (C=O) groups is 1. The highest BCUT2D eigenvalue weighted by Gasteiger charge is 2.17. The Bertz CT molecular complexity index is 1130. The van der Waals surface area contributed by atoms with Gasteiger partial charge in [-0.3, -0.25) is 14.2 Å². The molecule has 0 spiro atoms. The molecule has 0 saturated heterocycles. The number of Topliss-reactive ketones (excluding diaryl/α,β-unsaturated/α-hetero) is 1. The van der Waals surface area contributed by atoms with Crippen molar-refractivity contribution < 1.29 is 9.18 Å². The summed E-state index contributed by atoms with van der Waals surface area (Å²) in [6, 6.07) is 12.9. The summed E-state index contributed by atoms with van der Waals surface area (Å²) in [5.41, 5.74) is 4.97. The van der Waals surface area contributed by atoms with Crippen LogP contribution in [0, 0.1) is 12.7 Å². The summed E-state index contributed by atoms with van der Waals surface area (Å²) in [6.07, 6.45) is 4.80. The van der Waals surface area contributed by atoms with Crippen LogP contribution in [0.2, 0.25) is 0 Å². The van der Waals surface area contributed by atoms with Gasteiger partial charge in [0.25, 0.3) is 0 Å². The Kier molecular flexibility index (Phi) is 4.69. The Balaban J connectivity index is 1.67. The van der Waals surface area contributed by atoms with E-state index in [0.717, 1.165) is 16.7 Å². The van der Waals surface area contributed by atoms with Crippen LogP contribution in [0.5, 0.6) is 0 Å². The summed E-state index contributed by atoms with van der Waals surface area (Å²) in [5.74, 6) is -0.516. The van der Waals surface area contributed by atoms with E-state index in [-0.39, 0.29) is 23.9 Å². The Hall–Kier alpha value is -3.41. The van der Waals surface area contributed by atoms with Gasteiger partial charge >= 0.3 is 0 Å². The second-order valence-corrected chi connectivity index (χ2v) is 7.00. The van der Waals surface area contributed by atoms with Crippen molar-refractivity contribution in [1.29, 1.82) is 0 Å². The molecule has 0 amide bonds. The molecule has 0 aliphatic carbocycles. The third-order valence-corrected chi connectivity index (χ3v) is 4.82. The molecular weight excluding hydrogens is 355 g/mol. The summed E-state index contributed by atoms with van der Waals surface area (Å²) < 4.78 is 14.8. The van der Waals surface area contributed by atoms with Gasteiger partial charge in [-0.05, 0) is 30.7 Å². The summed E-state index contributed by atoms with van der Waals surface area (Å²) >= 11 is 0. The minimum absolute atomic E-state index is 0.0115. The minimum atomic E-state index is -0.386. The second-order valence-electron chi connectivity index (χ2n) is 7.00. The van der Waals surface area contributed by atoms with Crippen molar-refractivity contribution in [3.05, 3.63) is 83.8 Å². The van der Waals surface area contributed by atoms with Gasteiger partial charge in [0.1, 0.15) is 12.1 Å². The van der Waals surface area contributed by atoms with Gasteiger partial charge in [-0.15, -0.1) is 10.2 Å². The predicted octanol–water partition coefficient (Wildman–Crippen LogP) is 4.62. The number of aromatic nitrogens is 4. The van der Waals surface area contributed by atoms with Crippen molar-refractivity contribution in [2.24, 2.45) is 0 Å². The summed E-state index contributed by atoms with van der Waals surface area (Å²) in [6.45, 7) is 3.94. The topological polar surface area (TPSA) is 60.2 Å². The molecule has 0 aliphatic rings. The lowest BCUT2D eigenvalue weighted by atomic mass is 9.95. The number of benzene rings is 1. The minimum Gasteiger partial charge on any atom is -0.294 e. The zero-order chi connectivity index (χ0) is 19.7. The van der Waals surface area contributed by atoms with E-state index in [1.807, 2.05) is 44.2 Å². The fraction of sp³-hybridized carbons (Fsp3) is 0.182. The maximum atomic E-state index is 13.1. The van der Waals surface area contributed by atoms with E-state index >= 15 is 0 Å². The third kappa shape index (κ3) is 3.53. The number of pyridine rings is 2. The molecule has 5 nitrogen and oxygen atoms in total. The first kappa shape index (κ1) is 18.0. The van der Waals surface area contributed by atoms with Crippen LogP contribution in [0.3, 0.4) is 0 Å². The third-order valence-electron chi connectivity index (χ3n) is 4.82. The SMILES string of the molecule is Cc1ccc(-c2cc(C(=O)C[C@H](C)c3ccc(F)cn3)cn3cnnc23)cc1. The van der Waals surface area contributed by atoms with Crippen LogP contribution < -0.4 is 0 Å². The zero-order valence-corrected chi connectivity index (χ0v) is 15.6. The van der Waals surface area contributed by atoms with Gasteiger partial charge in [-0.1, -0.05) is 36.8 Å². The van der Waals surface area contributed by atoms with E-state index in [2.05, 4.69) is 15.2 Å². The first-order chi connectivity index (χ1) is 13.5. The molecule has 0 aliphatic heterocycles. The lowest BCUT2D eigenvalue weighted by molar-refractivity contribution is 0.0974. The summed E-state index contributed by atoms with van der Waals surface area (Å²) in [7, 11) is 0. The largest absolute Gasteiger partial charge is 0.294 e. The van der Waals surface area contributed by atoms with Gasteiger partial charge < -0.3 is 0 Å². The van der Waals surface area contributed by atoms with Gasteiger partial charge in [-0.2, -0.15) is 0 Å². The Morgan fingerprint density at radius 2 is 1.96 bits per heavy atom. The highest BCUT2D eigenvalue weighted by molar-refractivity contribution is 5.98. The molecule has 3 heterocycles. The van der Waals surface area contributed by atoms with Gasteiger partial charge in [0, 0.05) is 35.4 Å². The normalized spacial score (nSPS) is 12.2. The van der Waals surface area contributed by atoms with Crippen LogP contribution in [0.4, 0.5) is 4.39 Å². The number of hydrogen-bond acceptors (Lipinski definition) is 4. The van der Waals surface area contributed by atoms with Crippen molar-refractivity contribution >= 4 is 11.4 Å². The van der Waals surface area contributed by atoms with Crippen LogP contribution in [0.25, 0.3) is 16.8 Å². The molecule has 3 aromatic heterocycles. The Morgan fingerprint density at radius 3 is 2.68 bits per heavy atom. The monoisotopic (exact) mass is 374 g/mol. The molecule has 0 radical (unpaired) electrons. The van der Waals surface area contributed by atoms with Gasteiger partial charge in [-0.25, -0.2) is 4.39 Å². The molecule has 4 aromatic rings. The van der Waals surface area contributed by atoms with Crippen LogP contribution in [-0.2, 0) is 0 Å². The molecule has 0 bridgehead atoms. The van der Waals surface area contributed by atoms with Crippen molar-refractivity contribution in [3.63, 3.8) is 0 Å². The van der Waals surface area contributed by atoms with Gasteiger partial charge in [0.15, 0.2) is 11.4 Å². The van der Waals surface area contributed by atoms with Crippen molar-refractivity contribution in [1.82, 2.24) is 19.6 Å². The smallest absolute Gasteiger partial charge is 0.168 e. The second kappa shape index (κ2) is 7.31. The molecule has 4 rings (SSSR count). The van der Waals surface area contributed by atoms with Crippen molar-refractivity contribution in [3.8, 4) is 11.1 Å². The number of aryl methyl sites for hydroxylation is 1. The van der Waals surface area contributed by atoms with E-state index in [9.17, 15) is 9.18 Å². The predicted molar refractivity (Wildman–Crippen MR) is 105 cm³/mol. The van der Waals surface area contributed by atoms with Crippen molar-refractivity contribution in [2.45, 2.75) is 26.2 Å². The first-order valence-corrected chi connectivity index (χ1v) is 9.06. The average Bonchev–Trinajstić information content (AvgIpc) is 3.17. The number of halogens is 1. The standard InChI is InChI=1S/C22H19FN4O/c1-14-3-5-16(6-4-14)19-10-17(12-27-13-25-26-22(19)27)21(28)9-15(2)20-8-7-18(23)11-24-20/h3-8,10-13,15H,9H2,1-2H3/t15-/m0/s1. The molecule has 140 valence electrons. The lowest BCUT2D eigenvalue weighted by Gasteiger charge is -2.12. The zero-order valence-electron chi connectivity index (χ0n) is 15.6. The van der Waals surface area contributed by atoms with Crippen molar-refractivity contribution in [2.75, 3.05) is 0 Å². The summed E-state index contributed by atoms with van der Waals surface area (Å²) in [4.78, 5) is 17.0. The van der Waals surface area contributed by atoms with E-state index in [0.29, 0.717) is 16.9 Å². The van der Waals surface area contributed by atoms with E-state index in [1.54, 1.807) is 23.0 Å². The average molecular weight is 374 g/mol. The van der Waals surface area contributed by atoms with E-state index in [1.165, 1.54) is 12.3 Å². The molecule has 0 N–H and O–H groups in total. The molecule has 1 aromatic carbocycles. The van der Waals surface area contributed by atoms with Gasteiger partial charge in [0.2, 0.25) is 0 Å².